The van der Waals surface area contributed by atoms with Crippen LogP contribution in [0, 0.1) is 0 Å². The average molecular weight is 272 g/mol. The van der Waals surface area contributed by atoms with E-state index < -0.39 is 0 Å². The van der Waals surface area contributed by atoms with Crippen LogP contribution in [0.4, 0.5) is 11.4 Å². The van der Waals surface area contributed by atoms with E-state index in [-0.39, 0.29) is 0 Å². The van der Waals surface area contributed by atoms with E-state index in [1.165, 1.54) is 0 Å². The third kappa shape index (κ3) is 3.45. The van der Waals surface area contributed by atoms with Gasteiger partial charge in [-0.3, -0.25) is 0 Å². The molecule has 0 aromatic heterocycles. The lowest BCUT2D eigenvalue weighted by Crippen LogP contribution is -2.30. The number of benzene rings is 2. The van der Waals surface area contributed by atoms with Crippen LogP contribution in [0.5, 0.6) is 5.75 Å². The molecule has 19 heavy (non-hydrogen) atoms. The molecule has 2 aromatic rings. The van der Waals surface area contributed by atoms with Crippen molar-refractivity contribution >= 4 is 28.7 Å². The van der Waals surface area contributed by atoms with Gasteiger partial charge in [-0.1, -0.05) is 24.3 Å². The van der Waals surface area contributed by atoms with Crippen molar-refractivity contribution in [2.24, 2.45) is 0 Å². The molecule has 98 valence electrons. The summed E-state index contributed by atoms with van der Waals surface area (Å²) in [5.41, 5.74) is 1.95. The first-order valence-corrected chi connectivity index (χ1v) is 6.35. The predicted octanol–water partition coefficient (Wildman–Crippen LogP) is 3.53. The zero-order chi connectivity index (χ0) is 13.7. The summed E-state index contributed by atoms with van der Waals surface area (Å²) in [7, 11) is 3.58. The van der Waals surface area contributed by atoms with Crippen molar-refractivity contribution in [1.29, 1.82) is 0 Å². The van der Waals surface area contributed by atoms with E-state index in [4.69, 9.17) is 17.0 Å². The van der Waals surface area contributed by atoms with Crippen LogP contribution in [0.1, 0.15) is 0 Å². The fourth-order valence-corrected chi connectivity index (χ4v) is 1.90. The summed E-state index contributed by atoms with van der Waals surface area (Å²) >= 11 is 5.39. The molecule has 4 heteroatoms. The lowest BCUT2D eigenvalue weighted by molar-refractivity contribution is 0.415. The van der Waals surface area contributed by atoms with Gasteiger partial charge < -0.3 is 15.0 Å². The molecule has 0 aliphatic heterocycles. The first-order chi connectivity index (χ1) is 9.20. The number of rotatable bonds is 3. The minimum atomic E-state index is 0.638. The van der Waals surface area contributed by atoms with Gasteiger partial charge in [0.25, 0.3) is 0 Å². The summed E-state index contributed by atoms with van der Waals surface area (Å²) in [6, 6.07) is 17.7. The Morgan fingerprint density at radius 2 is 1.84 bits per heavy atom. The second-order valence-electron chi connectivity index (χ2n) is 4.06. The van der Waals surface area contributed by atoms with Crippen LogP contribution in [0.3, 0.4) is 0 Å². The summed E-state index contributed by atoms with van der Waals surface area (Å²) in [5.74, 6) is 0.801. The van der Waals surface area contributed by atoms with Crippen molar-refractivity contribution in [1.82, 2.24) is 0 Å². The van der Waals surface area contributed by atoms with Gasteiger partial charge in [0.05, 0.1) is 7.11 Å². The molecule has 0 heterocycles. The number of ether oxygens (including phenoxy) is 1. The monoisotopic (exact) mass is 272 g/mol. The van der Waals surface area contributed by atoms with Crippen LogP contribution in [-0.2, 0) is 0 Å². The molecule has 0 aliphatic carbocycles. The maximum Gasteiger partial charge on any atom is 0.177 e. The molecule has 0 unspecified atom stereocenters. The SMILES string of the molecule is COc1cccc(NC(=S)N(C)c2ccccc2)c1. The maximum atomic E-state index is 5.39. The normalized spacial score (nSPS) is 9.79. The fourth-order valence-electron chi connectivity index (χ4n) is 1.68. The van der Waals surface area contributed by atoms with Gasteiger partial charge in [-0.25, -0.2) is 0 Å². The van der Waals surface area contributed by atoms with E-state index in [0.717, 1.165) is 17.1 Å². The van der Waals surface area contributed by atoms with Crippen LogP contribution in [0.25, 0.3) is 0 Å². The molecule has 0 aliphatic rings. The molecule has 0 atom stereocenters. The second-order valence-corrected chi connectivity index (χ2v) is 4.44. The lowest BCUT2D eigenvalue weighted by atomic mass is 10.3. The first-order valence-electron chi connectivity index (χ1n) is 5.94. The lowest BCUT2D eigenvalue weighted by Gasteiger charge is -2.21. The molecule has 0 radical (unpaired) electrons. The first kappa shape index (κ1) is 13.4. The Labute approximate surface area is 118 Å². The third-order valence-electron chi connectivity index (χ3n) is 2.77. The van der Waals surface area contributed by atoms with Crippen LogP contribution in [-0.4, -0.2) is 19.3 Å². The molecular weight excluding hydrogens is 256 g/mol. The Hall–Kier alpha value is -2.07. The highest BCUT2D eigenvalue weighted by atomic mass is 32.1. The van der Waals surface area contributed by atoms with Crippen LogP contribution in [0.2, 0.25) is 0 Å². The number of thiocarbonyl (C=S) groups is 1. The topological polar surface area (TPSA) is 24.5 Å². The molecule has 0 spiro atoms. The summed E-state index contributed by atoms with van der Waals surface area (Å²) < 4.78 is 5.18. The molecule has 0 bridgehead atoms. The van der Waals surface area contributed by atoms with E-state index in [2.05, 4.69) is 5.32 Å². The molecule has 0 saturated carbocycles. The highest BCUT2D eigenvalue weighted by Gasteiger charge is 2.06. The number of hydrogen-bond acceptors (Lipinski definition) is 2. The molecule has 0 saturated heterocycles. The zero-order valence-electron chi connectivity index (χ0n) is 11.0. The number of para-hydroxylation sites is 1. The second kappa shape index (κ2) is 6.20. The Bertz CT molecular complexity index is 557. The summed E-state index contributed by atoms with van der Waals surface area (Å²) in [6.07, 6.45) is 0. The fraction of sp³-hybridized carbons (Fsp3) is 0.133. The summed E-state index contributed by atoms with van der Waals surface area (Å²) in [6.45, 7) is 0. The Kier molecular flexibility index (Phi) is 4.36. The summed E-state index contributed by atoms with van der Waals surface area (Å²) in [4.78, 5) is 1.93. The van der Waals surface area contributed by atoms with Crippen LogP contribution in [0.15, 0.2) is 54.6 Å². The van der Waals surface area contributed by atoms with Gasteiger partial charge in [-0.2, -0.15) is 0 Å². The van der Waals surface area contributed by atoms with Gasteiger partial charge >= 0.3 is 0 Å². The van der Waals surface area contributed by atoms with Crippen molar-refractivity contribution in [2.75, 3.05) is 24.4 Å². The minimum Gasteiger partial charge on any atom is -0.497 e. The Morgan fingerprint density at radius 3 is 2.53 bits per heavy atom. The van der Waals surface area contributed by atoms with E-state index in [1.807, 2.05) is 66.5 Å². The van der Waals surface area contributed by atoms with E-state index >= 15 is 0 Å². The molecule has 1 N–H and O–H groups in total. The van der Waals surface area contributed by atoms with Crippen molar-refractivity contribution in [2.45, 2.75) is 0 Å². The molecule has 2 rings (SSSR count). The van der Waals surface area contributed by atoms with Crippen molar-refractivity contribution < 1.29 is 4.74 Å². The smallest absolute Gasteiger partial charge is 0.177 e. The van der Waals surface area contributed by atoms with Crippen molar-refractivity contribution in [3.8, 4) is 5.75 Å². The Morgan fingerprint density at radius 1 is 1.11 bits per heavy atom. The molecule has 0 amide bonds. The molecule has 3 nitrogen and oxygen atoms in total. The number of hydrogen-bond donors (Lipinski definition) is 1. The van der Waals surface area contributed by atoms with Gasteiger partial charge in [-0.05, 0) is 36.5 Å². The maximum absolute atomic E-state index is 5.39. The molecular formula is C15H16N2OS. The Balaban J connectivity index is 2.08. The van der Waals surface area contributed by atoms with Gasteiger partial charge in [0.2, 0.25) is 0 Å². The van der Waals surface area contributed by atoms with Gasteiger partial charge in [0, 0.05) is 24.5 Å². The highest BCUT2D eigenvalue weighted by molar-refractivity contribution is 7.80. The quantitative estimate of drug-likeness (QED) is 0.864. The summed E-state index contributed by atoms with van der Waals surface area (Å²) in [5, 5.41) is 3.83. The van der Waals surface area contributed by atoms with Gasteiger partial charge in [0.1, 0.15) is 5.75 Å². The van der Waals surface area contributed by atoms with Gasteiger partial charge in [0.15, 0.2) is 5.11 Å². The third-order valence-corrected chi connectivity index (χ3v) is 3.15. The predicted molar refractivity (Wildman–Crippen MR) is 84.1 cm³/mol. The van der Waals surface area contributed by atoms with Gasteiger partial charge in [-0.15, -0.1) is 0 Å². The number of methoxy groups -OCH3 is 1. The largest absolute Gasteiger partial charge is 0.497 e. The minimum absolute atomic E-state index is 0.638. The van der Waals surface area contributed by atoms with Crippen LogP contribution >= 0.6 is 12.2 Å². The number of nitrogens with one attached hydrogen (secondary N) is 1. The number of anilines is 2. The van der Waals surface area contributed by atoms with E-state index in [0.29, 0.717) is 5.11 Å². The molecule has 0 fully saturated rings. The number of nitrogens with zero attached hydrogens (tertiary/aromatic N) is 1. The van der Waals surface area contributed by atoms with E-state index in [9.17, 15) is 0 Å². The standard InChI is InChI=1S/C15H16N2OS/c1-17(13-8-4-3-5-9-13)15(19)16-12-7-6-10-14(11-12)18-2/h3-11H,1-2H3,(H,16,19). The molecule has 2 aromatic carbocycles. The zero-order valence-corrected chi connectivity index (χ0v) is 11.8. The van der Waals surface area contributed by atoms with Crippen LogP contribution < -0.4 is 15.0 Å². The average Bonchev–Trinajstić information content (AvgIpc) is 2.47. The highest BCUT2D eigenvalue weighted by Crippen LogP contribution is 2.18. The van der Waals surface area contributed by atoms with E-state index in [1.54, 1.807) is 7.11 Å². The van der Waals surface area contributed by atoms with Crippen molar-refractivity contribution in [3.63, 3.8) is 0 Å². The van der Waals surface area contributed by atoms with Crippen molar-refractivity contribution in [3.05, 3.63) is 54.6 Å².